The van der Waals surface area contributed by atoms with Crippen molar-refractivity contribution in [2.45, 2.75) is 71.1 Å². The third-order valence-electron chi connectivity index (χ3n) is 5.72. The van der Waals surface area contributed by atoms with E-state index in [1.807, 2.05) is 7.05 Å². The van der Waals surface area contributed by atoms with Gasteiger partial charge in [-0.25, -0.2) is 0 Å². The van der Waals surface area contributed by atoms with E-state index in [-0.39, 0.29) is 0 Å². The van der Waals surface area contributed by atoms with Crippen LogP contribution in [0.25, 0.3) is 0 Å². The number of nitrogens with one attached hydrogen (secondary N) is 2. The summed E-state index contributed by atoms with van der Waals surface area (Å²) in [6.07, 6.45) is 7.33. The van der Waals surface area contributed by atoms with E-state index in [1.165, 1.54) is 25.7 Å². The summed E-state index contributed by atoms with van der Waals surface area (Å²) < 4.78 is 2.15. The van der Waals surface area contributed by atoms with E-state index in [2.05, 4.69) is 58.2 Å². The predicted molar refractivity (Wildman–Crippen MR) is 103 cm³/mol. The summed E-state index contributed by atoms with van der Waals surface area (Å²) in [5.41, 5.74) is 1.08. The summed E-state index contributed by atoms with van der Waals surface area (Å²) in [6, 6.07) is 3.78. The van der Waals surface area contributed by atoms with Gasteiger partial charge in [0.1, 0.15) is 0 Å². The Morgan fingerprint density at radius 2 is 2.08 bits per heavy atom. The van der Waals surface area contributed by atoms with Crippen LogP contribution in [0.3, 0.4) is 0 Å². The van der Waals surface area contributed by atoms with Crippen molar-refractivity contribution in [3.63, 3.8) is 0 Å². The van der Waals surface area contributed by atoms with Crippen molar-refractivity contribution in [1.29, 1.82) is 0 Å². The number of likely N-dealkylation sites (tertiary alicyclic amines) is 1. The standard InChI is InChI=1S/C19H34N6/c1-14(2)24-12-15(3)18(13-24)22-19(20-4)21-11-16-9-10-25(23-16)17-7-5-6-8-17/h9-10,14-15,17-18H,5-8,11-13H2,1-4H3,(H2,20,21,22). The number of aromatic nitrogens is 2. The average molecular weight is 347 g/mol. The largest absolute Gasteiger partial charge is 0.352 e. The lowest BCUT2D eigenvalue weighted by Gasteiger charge is -2.21. The second-order valence-electron chi connectivity index (χ2n) is 7.93. The Hall–Kier alpha value is -1.56. The van der Waals surface area contributed by atoms with E-state index in [0.717, 1.165) is 24.7 Å². The molecule has 0 spiro atoms. The average Bonchev–Trinajstić information content (AvgIpc) is 3.32. The van der Waals surface area contributed by atoms with Crippen LogP contribution in [0.1, 0.15) is 58.2 Å². The Labute approximate surface area is 152 Å². The summed E-state index contributed by atoms with van der Waals surface area (Å²) in [5, 5.41) is 11.8. The molecule has 1 saturated heterocycles. The van der Waals surface area contributed by atoms with Gasteiger partial charge in [0.2, 0.25) is 0 Å². The Bertz CT molecular complexity index is 572. The van der Waals surface area contributed by atoms with Crippen LogP contribution in [-0.4, -0.2) is 52.9 Å². The van der Waals surface area contributed by atoms with Crippen LogP contribution in [0.4, 0.5) is 0 Å². The SMILES string of the molecule is CN=C(NCc1ccn(C2CCCC2)n1)NC1CN(C(C)C)CC1C. The minimum Gasteiger partial charge on any atom is -0.352 e. The molecule has 1 aliphatic heterocycles. The van der Waals surface area contributed by atoms with Gasteiger partial charge in [-0.1, -0.05) is 19.8 Å². The van der Waals surface area contributed by atoms with Gasteiger partial charge in [0.05, 0.1) is 18.3 Å². The highest BCUT2D eigenvalue weighted by molar-refractivity contribution is 5.80. The first-order valence-electron chi connectivity index (χ1n) is 9.82. The summed E-state index contributed by atoms with van der Waals surface area (Å²) in [5.74, 6) is 1.50. The minimum atomic E-state index is 0.449. The first-order valence-corrected chi connectivity index (χ1v) is 9.82. The number of aliphatic imine (C=N–C) groups is 1. The van der Waals surface area contributed by atoms with Gasteiger partial charge in [-0.15, -0.1) is 0 Å². The molecule has 2 unspecified atom stereocenters. The lowest BCUT2D eigenvalue weighted by atomic mass is 10.1. The molecule has 0 bridgehead atoms. The topological polar surface area (TPSA) is 57.5 Å². The Morgan fingerprint density at radius 1 is 1.32 bits per heavy atom. The monoisotopic (exact) mass is 346 g/mol. The molecule has 1 aromatic rings. The van der Waals surface area contributed by atoms with Crippen molar-refractivity contribution in [1.82, 2.24) is 25.3 Å². The van der Waals surface area contributed by atoms with Crippen LogP contribution < -0.4 is 10.6 Å². The molecular formula is C19H34N6. The molecule has 0 radical (unpaired) electrons. The maximum atomic E-state index is 4.74. The zero-order valence-corrected chi connectivity index (χ0v) is 16.2. The van der Waals surface area contributed by atoms with E-state index in [9.17, 15) is 0 Å². The van der Waals surface area contributed by atoms with Gasteiger partial charge in [-0.2, -0.15) is 5.10 Å². The predicted octanol–water partition coefficient (Wildman–Crippen LogP) is 2.39. The zero-order valence-electron chi connectivity index (χ0n) is 16.2. The second kappa shape index (κ2) is 8.21. The fourth-order valence-electron chi connectivity index (χ4n) is 4.00. The van der Waals surface area contributed by atoms with Crippen molar-refractivity contribution in [2.24, 2.45) is 10.9 Å². The molecule has 2 atom stereocenters. The maximum absolute atomic E-state index is 4.74. The molecule has 1 aliphatic carbocycles. The van der Waals surface area contributed by atoms with Gasteiger partial charge in [0.15, 0.2) is 5.96 Å². The van der Waals surface area contributed by atoms with E-state index in [1.54, 1.807) is 0 Å². The van der Waals surface area contributed by atoms with Gasteiger partial charge >= 0.3 is 0 Å². The van der Waals surface area contributed by atoms with Gasteiger partial charge in [-0.3, -0.25) is 14.6 Å². The lowest BCUT2D eigenvalue weighted by Crippen LogP contribution is -2.46. The molecule has 0 amide bonds. The van der Waals surface area contributed by atoms with Crippen LogP contribution in [0.5, 0.6) is 0 Å². The summed E-state index contributed by atoms with van der Waals surface area (Å²) in [6.45, 7) is 9.80. The lowest BCUT2D eigenvalue weighted by molar-refractivity contribution is 0.265. The molecule has 2 N–H and O–H groups in total. The van der Waals surface area contributed by atoms with Crippen LogP contribution >= 0.6 is 0 Å². The smallest absolute Gasteiger partial charge is 0.191 e. The molecule has 2 fully saturated rings. The molecule has 1 saturated carbocycles. The third-order valence-corrected chi connectivity index (χ3v) is 5.72. The van der Waals surface area contributed by atoms with Crippen molar-refractivity contribution in [3.05, 3.63) is 18.0 Å². The Kier molecular flexibility index (Phi) is 5.99. The molecule has 0 aromatic carbocycles. The number of hydrogen-bond acceptors (Lipinski definition) is 3. The fraction of sp³-hybridized carbons (Fsp3) is 0.789. The van der Waals surface area contributed by atoms with Crippen LogP contribution in [0, 0.1) is 5.92 Å². The van der Waals surface area contributed by atoms with Crippen LogP contribution in [0.15, 0.2) is 17.3 Å². The van der Waals surface area contributed by atoms with E-state index in [0.29, 0.717) is 30.6 Å². The highest BCUT2D eigenvalue weighted by Gasteiger charge is 2.31. The molecule has 140 valence electrons. The molecule has 3 rings (SSSR count). The molecule has 2 heterocycles. The number of nitrogens with zero attached hydrogens (tertiary/aromatic N) is 4. The normalized spacial score (nSPS) is 25.9. The van der Waals surface area contributed by atoms with Crippen molar-refractivity contribution >= 4 is 5.96 Å². The van der Waals surface area contributed by atoms with E-state index in [4.69, 9.17) is 5.10 Å². The van der Waals surface area contributed by atoms with Crippen LogP contribution in [0.2, 0.25) is 0 Å². The van der Waals surface area contributed by atoms with Gasteiger partial charge in [0.25, 0.3) is 0 Å². The van der Waals surface area contributed by atoms with E-state index >= 15 is 0 Å². The number of rotatable bonds is 5. The molecule has 25 heavy (non-hydrogen) atoms. The molecule has 6 heteroatoms. The van der Waals surface area contributed by atoms with Crippen molar-refractivity contribution < 1.29 is 0 Å². The summed E-state index contributed by atoms with van der Waals surface area (Å²) >= 11 is 0. The number of hydrogen-bond donors (Lipinski definition) is 2. The highest BCUT2D eigenvalue weighted by atomic mass is 15.3. The Balaban J connectivity index is 1.49. The first-order chi connectivity index (χ1) is 12.1. The molecule has 2 aliphatic rings. The second-order valence-corrected chi connectivity index (χ2v) is 7.93. The van der Waals surface area contributed by atoms with Gasteiger partial charge in [-0.05, 0) is 38.7 Å². The van der Waals surface area contributed by atoms with Crippen molar-refractivity contribution in [2.75, 3.05) is 20.1 Å². The maximum Gasteiger partial charge on any atom is 0.191 e. The van der Waals surface area contributed by atoms with E-state index < -0.39 is 0 Å². The summed E-state index contributed by atoms with van der Waals surface area (Å²) in [4.78, 5) is 6.92. The third kappa shape index (κ3) is 4.54. The summed E-state index contributed by atoms with van der Waals surface area (Å²) in [7, 11) is 1.84. The zero-order chi connectivity index (χ0) is 17.8. The first kappa shape index (κ1) is 18.2. The van der Waals surface area contributed by atoms with Gasteiger partial charge in [0, 0.05) is 38.4 Å². The Morgan fingerprint density at radius 3 is 2.72 bits per heavy atom. The quantitative estimate of drug-likeness (QED) is 0.635. The van der Waals surface area contributed by atoms with Crippen molar-refractivity contribution in [3.8, 4) is 0 Å². The molecular weight excluding hydrogens is 312 g/mol. The fourth-order valence-corrected chi connectivity index (χ4v) is 4.00. The molecule has 6 nitrogen and oxygen atoms in total. The number of guanidine groups is 1. The minimum absolute atomic E-state index is 0.449. The van der Waals surface area contributed by atoms with Crippen LogP contribution in [-0.2, 0) is 6.54 Å². The highest BCUT2D eigenvalue weighted by Crippen LogP contribution is 2.28. The molecule has 1 aromatic heterocycles. The van der Waals surface area contributed by atoms with Gasteiger partial charge < -0.3 is 10.6 Å².